The van der Waals surface area contributed by atoms with Crippen molar-refractivity contribution in [1.29, 1.82) is 0 Å². The molecule has 0 radical (unpaired) electrons. The van der Waals surface area contributed by atoms with Crippen LogP contribution >= 0.6 is 0 Å². The van der Waals surface area contributed by atoms with Gasteiger partial charge in [0.05, 0.1) is 6.20 Å². The zero-order chi connectivity index (χ0) is 13.5. The third-order valence-electron chi connectivity index (χ3n) is 3.75. The fraction of sp³-hybridized carbons (Fsp3) is 0.786. The maximum absolute atomic E-state index is 4.49. The van der Waals surface area contributed by atoms with Crippen molar-refractivity contribution in [1.82, 2.24) is 15.2 Å². The molecule has 1 saturated carbocycles. The first-order valence-corrected chi connectivity index (χ1v) is 7.50. The summed E-state index contributed by atoms with van der Waals surface area (Å²) in [5.74, 6) is 1.46. The summed E-state index contributed by atoms with van der Waals surface area (Å²) >= 11 is 0. The van der Waals surface area contributed by atoms with Crippen LogP contribution in [0.1, 0.15) is 58.8 Å². The molecule has 5 heteroatoms. The van der Waals surface area contributed by atoms with Gasteiger partial charge in [0.2, 0.25) is 5.95 Å². The Balaban J connectivity index is 1.93. The minimum absolute atomic E-state index is 0.405. The molecule has 1 aromatic heterocycles. The SMILES string of the molecule is CCC(C)Nc1cnnc(NC2CCCCCC2)n1. The molecule has 19 heavy (non-hydrogen) atoms. The maximum atomic E-state index is 4.49. The summed E-state index contributed by atoms with van der Waals surface area (Å²) in [6.07, 6.45) is 10.5. The normalized spacial score (nSPS) is 18.6. The van der Waals surface area contributed by atoms with Crippen molar-refractivity contribution < 1.29 is 0 Å². The minimum Gasteiger partial charge on any atom is -0.366 e. The molecule has 1 unspecified atom stereocenters. The van der Waals surface area contributed by atoms with E-state index in [1.165, 1.54) is 38.5 Å². The Kier molecular flexibility index (Phi) is 5.36. The van der Waals surface area contributed by atoms with E-state index in [1.807, 2.05) is 0 Å². The highest BCUT2D eigenvalue weighted by Crippen LogP contribution is 2.19. The summed E-state index contributed by atoms with van der Waals surface area (Å²) in [6, 6.07) is 0.908. The third-order valence-corrected chi connectivity index (χ3v) is 3.75. The lowest BCUT2D eigenvalue weighted by Gasteiger charge is -2.17. The van der Waals surface area contributed by atoms with Crippen molar-refractivity contribution in [2.45, 2.75) is 70.9 Å². The van der Waals surface area contributed by atoms with Crippen molar-refractivity contribution in [3.05, 3.63) is 6.20 Å². The lowest BCUT2D eigenvalue weighted by molar-refractivity contribution is 0.613. The highest BCUT2D eigenvalue weighted by Gasteiger charge is 2.13. The van der Waals surface area contributed by atoms with Gasteiger partial charge >= 0.3 is 0 Å². The van der Waals surface area contributed by atoms with Crippen molar-refractivity contribution in [2.24, 2.45) is 0 Å². The molecular formula is C14H25N5. The van der Waals surface area contributed by atoms with Crippen LogP contribution in [0, 0.1) is 0 Å². The molecule has 0 spiro atoms. The Morgan fingerprint density at radius 2 is 2.00 bits per heavy atom. The first kappa shape index (κ1) is 14.0. The second kappa shape index (κ2) is 7.26. The molecule has 0 bridgehead atoms. The number of hydrogen-bond donors (Lipinski definition) is 2. The van der Waals surface area contributed by atoms with Crippen LogP contribution in [-0.4, -0.2) is 27.3 Å². The van der Waals surface area contributed by atoms with Crippen LogP contribution in [0.4, 0.5) is 11.8 Å². The Bertz CT molecular complexity index is 374. The molecule has 1 atom stereocenters. The summed E-state index contributed by atoms with van der Waals surface area (Å²) in [4.78, 5) is 4.49. The number of rotatable bonds is 5. The molecule has 0 amide bonds. The van der Waals surface area contributed by atoms with E-state index in [2.05, 4.69) is 39.7 Å². The van der Waals surface area contributed by atoms with Gasteiger partial charge in [-0.1, -0.05) is 32.6 Å². The highest BCUT2D eigenvalue weighted by molar-refractivity contribution is 5.38. The largest absolute Gasteiger partial charge is 0.366 e. The molecule has 0 aliphatic heterocycles. The zero-order valence-electron chi connectivity index (χ0n) is 12.0. The van der Waals surface area contributed by atoms with Crippen LogP contribution in [-0.2, 0) is 0 Å². The standard InChI is InChI=1S/C14H25N5/c1-3-11(2)16-13-10-15-19-14(18-13)17-12-8-6-4-5-7-9-12/h10-12H,3-9H2,1-2H3,(H2,16,17,18,19). The number of anilines is 2. The summed E-state index contributed by atoms with van der Waals surface area (Å²) in [5, 5.41) is 14.9. The van der Waals surface area contributed by atoms with E-state index >= 15 is 0 Å². The summed E-state index contributed by atoms with van der Waals surface area (Å²) in [6.45, 7) is 4.29. The Labute approximate surface area is 115 Å². The van der Waals surface area contributed by atoms with Crippen molar-refractivity contribution in [2.75, 3.05) is 10.6 Å². The van der Waals surface area contributed by atoms with Gasteiger partial charge in [-0.3, -0.25) is 0 Å². The van der Waals surface area contributed by atoms with E-state index in [0.29, 0.717) is 18.0 Å². The first-order chi connectivity index (χ1) is 9.28. The highest BCUT2D eigenvalue weighted by atomic mass is 15.3. The molecule has 1 aliphatic rings. The Morgan fingerprint density at radius 3 is 2.68 bits per heavy atom. The predicted molar refractivity (Wildman–Crippen MR) is 78.3 cm³/mol. The molecule has 1 aromatic rings. The van der Waals surface area contributed by atoms with Gasteiger partial charge in [0.25, 0.3) is 0 Å². The van der Waals surface area contributed by atoms with Crippen molar-refractivity contribution in [3.8, 4) is 0 Å². The molecule has 106 valence electrons. The molecule has 0 aromatic carbocycles. The van der Waals surface area contributed by atoms with Gasteiger partial charge in [-0.25, -0.2) is 0 Å². The average molecular weight is 263 g/mol. The van der Waals surface area contributed by atoms with Crippen LogP contribution in [0.2, 0.25) is 0 Å². The van der Waals surface area contributed by atoms with E-state index in [1.54, 1.807) is 6.20 Å². The fourth-order valence-corrected chi connectivity index (χ4v) is 2.40. The lowest BCUT2D eigenvalue weighted by Crippen LogP contribution is -2.21. The van der Waals surface area contributed by atoms with Crippen LogP contribution in [0.25, 0.3) is 0 Å². The first-order valence-electron chi connectivity index (χ1n) is 7.50. The van der Waals surface area contributed by atoms with Gasteiger partial charge in [-0.05, 0) is 26.2 Å². The van der Waals surface area contributed by atoms with Crippen molar-refractivity contribution >= 4 is 11.8 Å². The summed E-state index contributed by atoms with van der Waals surface area (Å²) < 4.78 is 0. The van der Waals surface area contributed by atoms with Crippen LogP contribution in [0.15, 0.2) is 6.20 Å². The Morgan fingerprint density at radius 1 is 1.26 bits per heavy atom. The number of nitrogens with one attached hydrogen (secondary N) is 2. The zero-order valence-corrected chi connectivity index (χ0v) is 12.0. The smallest absolute Gasteiger partial charge is 0.244 e. The summed E-state index contributed by atoms with van der Waals surface area (Å²) in [5.41, 5.74) is 0. The second-order valence-corrected chi connectivity index (χ2v) is 5.45. The maximum Gasteiger partial charge on any atom is 0.244 e. The van der Waals surface area contributed by atoms with Crippen LogP contribution < -0.4 is 10.6 Å². The molecule has 1 heterocycles. The van der Waals surface area contributed by atoms with Gasteiger partial charge in [-0.15, -0.1) is 5.10 Å². The van der Waals surface area contributed by atoms with Gasteiger partial charge in [0, 0.05) is 12.1 Å². The minimum atomic E-state index is 0.405. The predicted octanol–water partition coefficient (Wildman–Crippen LogP) is 3.22. The van der Waals surface area contributed by atoms with Gasteiger partial charge < -0.3 is 10.6 Å². The monoisotopic (exact) mass is 263 g/mol. The molecular weight excluding hydrogens is 238 g/mol. The topological polar surface area (TPSA) is 62.7 Å². The van der Waals surface area contributed by atoms with E-state index in [-0.39, 0.29) is 0 Å². The molecule has 2 rings (SSSR count). The van der Waals surface area contributed by atoms with Crippen LogP contribution in [0.3, 0.4) is 0 Å². The molecule has 2 N–H and O–H groups in total. The summed E-state index contributed by atoms with van der Waals surface area (Å²) in [7, 11) is 0. The van der Waals surface area contributed by atoms with Crippen molar-refractivity contribution in [3.63, 3.8) is 0 Å². The van der Waals surface area contributed by atoms with Gasteiger partial charge in [-0.2, -0.15) is 10.1 Å². The van der Waals surface area contributed by atoms with E-state index < -0.39 is 0 Å². The average Bonchev–Trinajstić information content (AvgIpc) is 2.67. The molecule has 5 nitrogen and oxygen atoms in total. The molecule has 0 saturated heterocycles. The van der Waals surface area contributed by atoms with E-state index in [9.17, 15) is 0 Å². The van der Waals surface area contributed by atoms with E-state index in [0.717, 1.165) is 12.2 Å². The third kappa shape index (κ3) is 4.65. The number of aromatic nitrogens is 3. The Hall–Kier alpha value is -1.39. The van der Waals surface area contributed by atoms with Gasteiger partial charge in [0.1, 0.15) is 0 Å². The molecule has 1 aliphatic carbocycles. The van der Waals surface area contributed by atoms with Gasteiger partial charge in [0.15, 0.2) is 5.82 Å². The fourth-order valence-electron chi connectivity index (χ4n) is 2.40. The number of hydrogen-bond acceptors (Lipinski definition) is 5. The molecule has 1 fully saturated rings. The lowest BCUT2D eigenvalue weighted by atomic mass is 10.1. The quantitative estimate of drug-likeness (QED) is 0.799. The number of nitrogens with zero attached hydrogens (tertiary/aromatic N) is 3. The second-order valence-electron chi connectivity index (χ2n) is 5.45. The van der Waals surface area contributed by atoms with Crippen LogP contribution in [0.5, 0.6) is 0 Å². The van der Waals surface area contributed by atoms with E-state index in [4.69, 9.17) is 0 Å².